The molecule has 10 aliphatic carbocycles. The summed E-state index contributed by atoms with van der Waals surface area (Å²) in [6.07, 6.45) is -3.67. The number of thiophene rings is 5. The monoisotopic (exact) mass is 1620 g/mol. The van der Waals surface area contributed by atoms with Gasteiger partial charge in [-0.05, 0) is 322 Å². The van der Waals surface area contributed by atoms with Gasteiger partial charge in [0, 0.05) is 134 Å². The van der Waals surface area contributed by atoms with Crippen molar-refractivity contribution < 1.29 is 49.3 Å². The Hall–Kier alpha value is -6.00. The van der Waals surface area contributed by atoms with Crippen molar-refractivity contribution in [3.8, 4) is 0 Å². The molecule has 590 valence electrons. The van der Waals surface area contributed by atoms with Gasteiger partial charge in [-0.25, -0.2) is 49.8 Å². The zero-order valence-electron chi connectivity index (χ0n) is 98.7. The molecular formula is C85H120N20S5. The first-order valence-electron chi connectivity index (χ1n) is 56.2. The van der Waals surface area contributed by atoms with Gasteiger partial charge in [0.25, 0.3) is 0 Å². The van der Waals surface area contributed by atoms with Gasteiger partial charge in [0.1, 0.15) is 84.9 Å². The van der Waals surface area contributed by atoms with E-state index in [2.05, 4.69) is 95.4 Å². The smallest absolute Gasteiger partial charge is 0.138 e. The maximum Gasteiger partial charge on any atom is 0.138 e. The predicted molar refractivity (Wildman–Crippen MR) is 464 cm³/mol. The van der Waals surface area contributed by atoms with E-state index in [-0.39, 0.29) is 94.5 Å². The summed E-state index contributed by atoms with van der Waals surface area (Å²) in [6.45, 7) is -8.40. The van der Waals surface area contributed by atoms with Gasteiger partial charge in [-0.15, -0.1) is 56.7 Å². The van der Waals surface area contributed by atoms with E-state index in [4.69, 9.17) is 49.3 Å². The van der Waals surface area contributed by atoms with Crippen molar-refractivity contribution in [1.29, 1.82) is 0 Å². The van der Waals surface area contributed by atoms with Crippen LogP contribution in [0.15, 0.2) is 31.6 Å². The van der Waals surface area contributed by atoms with Crippen LogP contribution < -0.4 is 26.6 Å². The third kappa shape index (κ3) is 17.5. The van der Waals surface area contributed by atoms with Gasteiger partial charge in [0.2, 0.25) is 0 Å². The number of nitrogens with one attached hydrogen (secondary N) is 5. The largest absolute Gasteiger partial charge is 0.367 e. The number of nitrogens with zero attached hydrogens (tertiary/aromatic N) is 15. The highest BCUT2D eigenvalue weighted by atomic mass is 32.1. The third-order valence-electron chi connectivity index (χ3n) is 22.9. The number of hydrogen-bond donors (Lipinski definition) is 5. The molecule has 0 atom stereocenters. The van der Waals surface area contributed by atoms with Crippen molar-refractivity contribution in [2.75, 3.05) is 96.8 Å². The van der Waals surface area contributed by atoms with Crippen LogP contribution in [0.5, 0.6) is 0 Å². The fraction of sp³-hybridized carbons (Fsp3) is 0.647. The summed E-state index contributed by atoms with van der Waals surface area (Å²) in [6, 6.07) is 1.10. The highest BCUT2D eigenvalue weighted by Crippen LogP contribution is 2.46. The van der Waals surface area contributed by atoms with Gasteiger partial charge >= 0.3 is 0 Å². The molecule has 110 heavy (non-hydrogen) atoms. The third-order valence-corrected chi connectivity index (χ3v) is 28.1. The van der Waals surface area contributed by atoms with E-state index in [1.165, 1.54) is 85.2 Å². The van der Waals surface area contributed by atoms with Crippen LogP contribution >= 0.6 is 56.7 Å². The Morgan fingerprint density at radius 1 is 0.282 bits per heavy atom. The van der Waals surface area contributed by atoms with Crippen molar-refractivity contribution in [2.45, 2.75) is 285 Å². The molecule has 10 aliphatic rings. The van der Waals surface area contributed by atoms with Crippen molar-refractivity contribution in [3.05, 3.63) is 83.8 Å². The number of anilines is 5. The highest BCUT2D eigenvalue weighted by molar-refractivity contribution is 7.20. The van der Waals surface area contributed by atoms with E-state index in [1.807, 2.05) is 0 Å². The first-order valence-corrected chi connectivity index (χ1v) is 42.3. The van der Waals surface area contributed by atoms with Crippen LogP contribution in [0.4, 0.5) is 29.1 Å². The summed E-state index contributed by atoms with van der Waals surface area (Å²) in [4.78, 5) is 55.4. The van der Waals surface area contributed by atoms with Crippen LogP contribution in [0.2, 0.25) is 0 Å². The Morgan fingerprint density at radius 2 is 0.536 bits per heavy atom. The first kappa shape index (κ1) is 45.9. The van der Waals surface area contributed by atoms with Gasteiger partial charge in [0.05, 0.1) is 26.9 Å². The Labute approximate surface area is 723 Å². The minimum Gasteiger partial charge on any atom is -0.367 e. The summed E-state index contributed by atoms with van der Waals surface area (Å²) < 4.78 is 289. The van der Waals surface area contributed by atoms with Crippen molar-refractivity contribution in [2.24, 2.45) is 0 Å². The van der Waals surface area contributed by atoms with Crippen molar-refractivity contribution in [1.82, 2.24) is 74.3 Å². The molecule has 0 aromatic carbocycles. The van der Waals surface area contributed by atoms with Gasteiger partial charge in [-0.2, -0.15) is 0 Å². The van der Waals surface area contributed by atoms with Crippen LogP contribution in [-0.4, -0.2) is 205 Å². The average molecular weight is 1620 g/mol. The first-order chi connectivity index (χ1) is 67.4. The molecule has 20 nitrogen and oxygen atoms in total. The van der Waals surface area contributed by atoms with E-state index in [9.17, 15) is 0 Å². The Bertz CT molecular complexity index is 6410. The normalized spacial score (nSPS) is 35.7. The summed E-state index contributed by atoms with van der Waals surface area (Å²) in [7, 11) is 10.7. The fourth-order valence-electron chi connectivity index (χ4n) is 16.6. The second-order valence-corrected chi connectivity index (χ2v) is 35.2. The molecule has 5 saturated carbocycles. The van der Waals surface area contributed by atoms with E-state index in [0.29, 0.717) is 138 Å². The molecule has 10 aromatic rings. The number of hydrogen-bond acceptors (Lipinski definition) is 25. The van der Waals surface area contributed by atoms with Gasteiger partial charge < -0.3 is 51.1 Å². The van der Waals surface area contributed by atoms with Gasteiger partial charge in [-0.3, -0.25) is 0 Å². The standard InChI is InChI=1S/5C17H24N4S/c5*1-21(2)12-8-6-11(7-9-12)20-16-15-13-4-3-5-14(13)22-17(15)19-10-18-16/h5*10-12H,3-9H2,1-2H3,(H,18,19,20)/i1D3,3D2,4D2,5D2;3D2,4D2,5D2;1D3,4D2,5D2;1D3,3D2,5D2;1D3,3D2,4D2. The molecule has 25 heteroatoms. The quantitative estimate of drug-likeness (QED) is 0.0647. The fourth-order valence-corrected chi connectivity index (χ4v) is 21.6. The molecule has 0 amide bonds. The van der Waals surface area contributed by atoms with E-state index >= 15 is 0 Å². The molecule has 0 bridgehead atoms. The second-order valence-electron chi connectivity index (χ2n) is 30.1. The molecule has 0 radical (unpaired) electrons. The van der Waals surface area contributed by atoms with Gasteiger partial charge in [-0.1, -0.05) is 0 Å². The molecule has 10 heterocycles. The Morgan fingerprint density at radius 3 is 0.864 bits per heavy atom. The van der Waals surface area contributed by atoms with E-state index in [0.717, 1.165) is 131 Å². The minimum absolute atomic E-state index is 0.00399. The second kappa shape index (κ2) is 35.4. The van der Waals surface area contributed by atoms with Crippen LogP contribution in [0.3, 0.4) is 0 Å². The van der Waals surface area contributed by atoms with E-state index < -0.39 is 104 Å². The molecule has 0 saturated heterocycles. The Kier molecular flexibility index (Phi) is 14.8. The molecule has 0 aliphatic heterocycles. The lowest BCUT2D eigenvalue weighted by Gasteiger charge is -2.33. The van der Waals surface area contributed by atoms with Crippen LogP contribution in [0.25, 0.3) is 51.1 Å². The van der Waals surface area contributed by atoms with Crippen molar-refractivity contribution >= 4 is 137 Å². The molecule has 5 N–H and O–H groups in total. The minimum atomic E-state index is -2.72. The molecule has 20 rings (SSSR count). The van der Waals surface area contributed by atoms with Crippen LogP contribution in [0.1, 0.15) is 262 Å². The number of aryl methyl sites for hydroxylation is 10. The maximum absolute atomic E-state index is 8.39. The van der Waals surface area contributed by atoms with Crippen LogP contribution in [-0.2, 0) is 63.8 Å². The molecule has 0 unspecified atom stereocenters. The topological polar surface area (TPSA) is 205 Å². The van der Waals surface area contributed by atoms with Crippen molar-refractivity contribution in [3.63, 3.8) is 0 Å². The van der Waals surface area contributed by atoms with Gasteiger partial charge in [0.15, 0.2) is 0 Å². The predicted octanol–water partition coefficient (Wildman–Crippen LogP) is 17.3. The number of fused-ring (bicyclic) bond motifs is 15. The summed E-state index contributed by atoms with van der Waals surface area (Å²) >= 11 is 5.73. The lowest BCUT2D eigenvalue weighted by atomic mass is 9.90. The molecule has 5 fully saturated rings. The average Bonchev–Trinajstić information content (AvgIpc) is 1.52. The maximum atomic E-state index is 8.39. The lowest BCUT2D eigenvalue weighted by molar-refractivity contribution is 0.221. The molecular weight excluding hydrogens is 1460 g/mol. The zero-order chi connectivity index (χ0) is 107. The van der Waals surface area contributed by atoms with E-state index in [1.54, 1.807) is 28.2 Å². The summed E-state index contributed by atoms with van der Waals surface area (Å²) in [5, 5.41) is 19.6. The number of aromatic nitrogens is 10. The zero-order valence-corrected chi connectivity index (χ0v) is 66.8. The molecule has 10 aromatic heterocycles. The lowest BCUT2D eigenvalue weighted by Crippen LogP contribution is -2.36. The summed E-state index contributed by atoms with van der Waals surface area (Å²) in [5.41, 5.74) is 1.47. The SMILES string of the molecule is [2H]C([2H])([2H])N(C)C1CCC(Nc2ncnc3sc4c(c23)C([2H])([2H])C([2H])([2H])C4([2H])[2H])CC1.[2H]C([2H])([2H])N(C)C1CCC(Nc2ncnc3sc4c(c23)C([2H])([2H])C([2H])([2H])C4)CC1.[2H]C([2H])([2H])N(C)C1CCC(Nc2ncnc3sc4c(c23)CC([2H])([2H])C4([2H])[2H])CC1.[2H]C1([2H])CC([2H])([2H])c2c1sc1ncnc(NC3CCC(N(C)C([2H])([2H])[2H])CC3)c21.[2H]C1([2H])c2sc3ncnc(NC4CCC(N(C)C)CC4)c3c2C([2H])([2H])C1([2H])[2H]. The molecule has 0 spiro atoms. The Balaban J connectivity index is 0.000000131. The highest BCUT2D eigenvalue weighted by Gasteiger charge is 2.33. The number of rotatable bonds is 15. The van der Waals surface area contributed by atoms with Crippen LogP contribution in [0, 0.1) is 0 Å². The summed E-state index contributed by atoms with van der Waals surface area (Å²) in [5.74, 6) is 2.55.